The van der Waals surface area contributed by atoms with Crippen LogP contribution in [0.15, 0.2) is 12.4 Å². The third kappa shape index (κ3) is 1.76. The molecule has 0 saturated heterocycles. The van der Waals surface area contributed by atoms with Gasteiger partial charge in [0.25, 0.3) is 0 Å². The molecule has 1 aromatic heterocycles. The maximum Gasteiger partial charge on any atom is 0.338 e. The fraction of sp³-hybridized carbons (Fsp3) is 0.286. The van der Waals surface area contributed by atoms with E-state index in [1.54, 1.807) is 6.92 Å². The van der Waals surface area contributed by atoms with Crippen LogP contribution >= 0.6 is 0 Å². The first-order valence-corrected chi connectivity index (χ1v) is 3.42. The summed E-state index contributed by atoms with van der Waals surface area (Å²) in [6.07, 6.45) is 2.49. The lowest BCUT2D eigenvalue weighted by Crippen LogP contribution is -2.10. The predicted molar refractivity (Wildman–Crippen MR) is 41.6 cm³/mol. The Labute approximate surface area is 69.3 Å². The summed E-state index contributed by atoms with van der Waals surface area (Å²) in [5, 5.41) is 8.50. The van der Waals surface area contributed by atoms with Crippen molar-refractivity contribution in [3.05, 3.63) is 23.8 Å². The van der Waals surface area contributed by atoms with Gasteiger partial charge in [0.1, 0.15) is 5.82 Å². The second kappa shape index (κ2) is 3.27. The van der Waals surface area contributed by atoms with Crippen molar-refractivity contribution in [2.24, 2.45) is 5.73 Å². The number of hydrogen-bond acceptors (Lipinski definition) is 4. The quantitative estimate of drug-likeness (QED) is 0.656. The Bertz CT molecular complexity index is 281. The number of hydrogen-bond donors (Lipinski definition) is 2. The van der Waals surface area contributed by atoms with E-state index in [-0.39, 0.29) is 11.6 Å². The van der Waals surface area contributed by atoms with Crippen LogP contribution in [0.1, 0.15) is 29.1 Å². The highest BCUT2D eigenvalue weighted by molar-refractivity contribution is 5.86. The molecule has 1 rings (SSSR count). The molecule has 0 amide bonds. The number of aromatic nitrogens is 2. The van der Waals surface area contributed by atoms with Gasteiger partial charge in [-0.05, 0) is 6.92 Å². The summed E-state index contributed by atoms with van der Waals surface area (Å²) < 4.78 is 0. The molecule has 0 bridgehead atoms. The minimum Gasteiger partial charge on any atom is -0.478 e. The van der Waals surface area contributed by atoms with E-state index in [1.165, 1.54) is 12.4 Å². The molecule has 0 radical (unpaired) electrons. The van der Waals surface area contributed by atoms with Crippen molar-refractivity contribution in [3.8, 4) is 0 Å². The highest BCUT2D eigenvalue weighted by Crippen LogP contribution is 2.02. The van der Waals surface area contributed by atoms with Gasteiger partial charge in [-0.3, -0.25) is 0 Å². The fourth-order valence-corrected chi connectivity index (χ4v) is 0.684. The summed E-state index contributed by atoms with van der Waals surface area (Å²) in [7, 11) is 0. The molecule has 1 atom stereocenters. The normalized spacial score (nSPS) is 12.5. The van der Waals surface area contributed by atoms with E-state index >= 15 is 0 Å². The van der Waals surface area contributed by atoms with Crippen LogP contribution in [0.4, 0.5) is 0 Å². The van der Waals surface area contributed by atoms with E-state index in [0.29, 0.717) is 5.82 Å². The zero-order chi connectivity index (χ0) is 9.14. The molecule has 64 valence electrons. The SMILES string of the molecule is CC(N)c1ncc(C(=O)O)cn1. The Hall–Kier alpha value is -1.49. The van der Waals surface area contributed by atoms with Gasteiger partial charge in [0.2, 0.25) is 0 Å². The van der Waals surface area contributed by atoms with Crippen molar-refractivity contribution in [1.82, 2.24) is 9.97 Å². The fourth-order valence-electron chi connectivity index (χ4n) is 0.684. The van der Waals surface area contributed by atoms with E-state index < -0.39 is 5.97 Å². The number of carbonyl (C=O) groups is 1. The molecule has 0 aliphatic carbocycles. The van der Waals surface area contributed by atoms with Crippen molar-refractivity contribution in [2.75, 3.05) is 0 Å². The molecule has 0 fully saturated rings. The molecule has 5 nitrogen and oxygen atoms in total. The molecule has 0 saturated carbocycles. The molecule has 1 heterocycles. The summed E-state index contributed by atoms with van der Waals surface area (Å²) in [5.74, 6) is -0.591. The van der Waals surface area contributed by atoms with Gasteiger partial charge in [0, 0.05) is 12.4 Å². The Morgan fingerprint density at radius 1 is 1.58 bits per heavy atom. The predicted octanol–water partition coefficient (Wildman–Crippen LogP) is 0.195. The van der Waals surface area contributed by atoms with Gasteiger partial charge >= 0.3 is 5.97 Å². The molecule has 1 aromatic rings. The summed E-state index contributed by atoms with van der Waals surface area (Å²) in [6, 6.07) is -0.271. The van der Waals surface area contributed by atoms with Crippen LogP contribution in [0.2, 0.25) is 0 Å². The number of nitrogens with zero attached hydrogens (tertiary/aromatic N) is 2. The lowest BCUT2D eigenvalue weighted by atomic mass is 10.3. The minimum absolute atomic E-state index is 0.0689. The highest BCUT2D eigenvalue weighted by atomic mass is 16.4. The van der Waals surface area contributed by atoms with Crippen LogP contribution in [0.25, 0.3) is 0 Å². The van der Waals surface area contributed by atoms with E-state index in [2.05, 4.69) is 9.97 Å². The number of carboxylic acids is 1. The first-order chi connectivity index (χ1) is 5.61. The van der Waals surface area contributed by atoms with Crippen molar-refractivity contribution >= 4 is 5.97 Å². The van der Waals surface area contributed by atoms with E-state index in [9.17, 15) is 4.79 Å². The van der Waals surface area contributed by atoms with E-state index in [0.717, 1.165) is 0 Å². The maximum absolute atomic E-state index is 10.4. The summed E-state index contributed by atoms with van der Waals surface area (Å²) in [4.78, 5) is 17.9. The van der Waals surface area contributed by atoms with Gasteiger partial charge in [-0.2, -0.15) is 0 Å². The topological polar surface area (TPSA) is 89.1 Å². The van der Waals surface area contributed by atoms with Gasteiger partial charge in [-0.25, -0.2) is 14.8 Å². The summed E-state index contributed by atoms with van der Waals surface area (Å²) >= 11 is 0. The number of rotatable bonds is 2. The van der Waals surface area contributed by atoms with Gasteiger partial charge in [-0.1, -0.05) is 0 Å². The Morgan fingerprint density at radius 3 is 2.42 bits per heavy atom. The lowest BCUT2D eigenvalue weighted by molar-refractivity contribution is 0.0696. The molecule has 0 aliphatic rings. The second-order valence-corrected chi connectivity index (χ2v) is 2.42. The Balaban J connectivity index is 2.93. The van der Waals surface area contributed by atoms with Crippen LogP contribution in [0.3, 0.4) is 0 Å². The van der Waals surface area contributed by atoms with Crippen molar-refractivity contribution in [2.45, 2.75) is 13.0 Å². The molecule has 1 unspecified atom stereocenters. The average Bonchev–Trinajstić information content (AvgIpc) is 2.04. The number of aromatic carboxylic acids is 1. The lowest BCUT2D eigenvalue weighted by Gasteiger charge is -2.01. The molecule has 12 heavy (non-hydrogen) atoms. The standard InChI is InChI=1S/C7H9N3O2/c1-4(8)6-9-2-5(3-10-6)7(11)12/h2-4H,8H2,1H3,(H,11,12). The third-order valence-corrected chi connectivity index (χ3v) is 1.33. The molecular formula is C7H9N3O2. The van der Waals surface area contributed by atoms with E-state index in [4.69, 9.17) is 10.8 Å². The second-order valence-electron chi connectivity index (χ2n) is 2.42. The smallest absolute Gasteiger partial charge is 0.338 e. The van der Waals surface area contributed by atoms with Crippen LogP contribution in [-0.2, 0) is 0 Å². The zero-order valence-electron chi connectivity index (χ0n) is 6.56. The Morgan fingerprint density at radius 2 is 2.08 bits per heavy atom. The third-order valence-electron chi connectivity index (χ3n) is 1.33. The summed E-state index contributed by atoms with van der Waals surface area (Å²) in [6.45, 7) is 1.73. The first-order valence-electron chi connectivity index (χ1n) is 3.42. The molecule has 5 heteroatoms. The maximum atomic E-state index is 10.4. The highest BCUT2D eigenvalue weighted by Gasteiger charge is 2.05. The van der Waals surface area contributed by atoms with Gasteiger partial charge in [0.15, 0.2) is 0 Å². The van der Waals surface area contributed by atoms with Crippen LogP contribution in [0.5, 0.6) is 0 Å². The largest absolute Gasteiger partial charge is 0.478 e. The van der Waals surface area contributed by atoms with Gasteiger partial charge < -0.3 is 10.8 Å². The zero-order valence-corrected chi connectivity index (χ0v) is 6.56. The van der Waals surface area contributed by atoms with E-state index in [1.807, 2.05) is 0 Å². The van der Waals surface area contributed by atoms with Crippen molar-refractivity contribution in [1.29, 1.82) is 0 Å². The van der Waals surface area contributed by atoms with Crippen LogP contribution < -0.4 is 5.73 Å². The minimum atomic E-state index is -1.04. The van der Waals surface area contributed by atoms with Gasteiger partial charge in [0.05, 0.1) is 11.6 Å². The molecule has 0 aromatic carbocycles. The monoisotopic (exact) mass is 167 g/mol. The average molecular weight is 167 g/mol. The van der Waals surface area contributed by atoms with Crippen molar-refractivity contribution in [3.63, 3.8) is 0 Å². The summed E-state index contributed by atoms with van der Waals surface area (Å²) in [5.41, 5.74) is 5.54. The van der Waals surface area contributed by atoms with Gasteiger partial charge in [-0.15, -0.1) is 0 Å². The molecule has 0 spiro atoms. The number of carboxylic acid groups (broad SMARTS) is 1. The van der Waals surface area contributed by atoms with Crippen LogP contribution in [-0.4, -0.2) is 21.0 Å². The van der Waals surface area contributed by atoms with Crippen molar-refractivity contribution < 1.29 is 9.90 Å². The molecule has 3 N–H and O–H groups in total. The number of nitrogens with two attached hydrogens (primary N) is 1. The Kier molecular flexibility index (Phi) is 2.35. The molecule has 0 aliphatic heterocycles. The molecular weight excluding hydrogens is 158 g/mol. The first kappa shape index (κ1) is 8.61. The van der Waals surface area contributed by atoms with Crippen LogP contribution in [0, 0.1) is 0 Å².